The molecular weight excluding hydrogens is 1010 g/mol. The summed E-state index contributed by atoms with van der Waals surface area (Å²) in [5.41, 5.74) is 4.69. The summed E-state index contributed by atoms with van der Waals surface area (Å²) in [6.07, 6.45) is 41.8. The van der Waals surface area contributed by atoms with E-state index in [0.717, 1.165) is 107 Å². The Morgan fingerprint density at radius 2 is 0.690 bits per heavy atom. The monoisotopic (exact) mass is 1180 g/mol. The second-order valence-corrected chi connectivity index (χ2v) is 34.0. The summed E-state index contributed by atoms with van der Waals surface area (Å²) in [4.78, 5) is 0. The first kappa shape index (κ1) is 94.3. The molecule has 84 heavy (non-hydrogen) atoms. The summed E-state index contributed by atoms with van der Waals surface area (Å²) in [6.45, 7) is 78.4. The van der Waals surface area contributed by atoms with Gasteiger partial charge in [0.15, 0.2) is 0 Å². The van der Waals surface area contributed by atoms with Crippen molar-refractivity contribution in [3.8, 4) is 0 Å². The van der Waals surface area contributed by atoms with Gasteiger partial charge >= 0.3 is 0 Å². The molecule has 0 aliphatic heterocycles. The average molecular weight is 1180 g/mol. The van der Waals surface area contributed by atoms with Crippen molar-refractivity contribution < 1.29 is 0 Å². The van der Waals surface area contributed by atoms with Crippen LogP contribution in [0.5, 0.6) is 0 Å². The Morgan fingerprint density at radius 1 is 0.321 bits per heavy atom. The Labute approximate surface area is 540 Å². The van der Waals surface area contributed by atoms with Crippen LogP contribution in [0.1, 0.15) is 396 Å². The van der Waals surface area contributed by atoms with Crippen LogP contribution in [-0.2, 0) is 0 Å². The molecular formula is C84H174. The SMILES string of the molecule is C/C(=C\C(C)C)CCCC(C)C.C/C(=C\CC(C)C)CCC(C)C.C/C(=C\CC(C)C)CCC(C)C.CC(C)CCC(C)CCC(C)C.CC(C)CCCC(C)CC(C)C.CC(C)CCCC1CC1C(C)C.CC(C)CCCCC(C)C(C)C. The summed E-state index contributed by atoms with van der Waals surface area (Å²) >= 11 is 0. The van der Waals surface area contributed by atoms with Crippen LogP contribution in [-0.4, -0.2) is 0 Å². The number of rotatable bonds is 38. The van der Waals surface area contributed by atoms with E-state index in [0.29, 0.717) is 5.92 Å². The predicted molar refractivity (Wildman–Crippen MR) is 399 cm³/mol. The van der Waals surface area contributed by atoms with E-state index in [-0.39, 0.29) is 0 Å². The van der Waals surface area contributed by atoms with Crippen LogP contribution in [0.2, 0.25) is 0 Å². The van der Waals surface area contributed by atoms with Crippen LogP contribution in [0.3, 0.4) is 0 Å². The minimum absolute atomic E-state index is 0.712. The summed E-state index contributed by atoms with van der Waals surface area (Å²) < 4.78 is 0. The Morgan fingerprint density at radius 3 is 1.02 bits per heavy atom. The molecule has 0 nitrogen and oxygen atoms in total. The number of allylic oxidation sites excluding steroid dienone is 6. The molecule has 0 radical (unpaired) electrons. The third-order valence-electron chi connectivity index (χ3n) is 16.9. The molecule has 0 N–H and O–H groups in total. The smallest absolute Gasteiger partial charge is 0.0288 e. The quantitative estimate of drug-likeness (QED) is 0.0427. The highest BCUT2D eigenvalue weighted by Crippen LogP contribution is 2.47. The van der Waals surface area contributed by atoms with Crippen LogP contribution < -0.4 is 0 Å². The Hall–Kier alpha value is -0.780. The molecule has 0 aromatic carbocycles. The van der Waals surface area contributed by atoms with Crippen LogP contribution in [0.25, 0.3) is 0 Å². The fourth-order valence-electron chi connectivity index (χ4n) is 10.3. The lowest BCUT2D eigenvalue weighted by atomic mass is 9.91. The van der Waals surface area contributed by atoms with E-state index in [2.05, 4.69) is 254 Å². The van der Waals surface area contributed by atoms with Crippen molar-refractivity contribution in [2.45, 2.75) is 396 Å². The predicted octanol–water partition coefficient (Wildman–Crippen LogP) is 30.8. The molecule has 0 bridgehead atoms. The Bertz CT molecular complexity index is 1320. The minimum atomic E-state index is 0.712. The summed E-state index contributed by atoms with van der Waals surface area (Å²) in [5, 5.41) is 0. The number of hydrogen-bond donors (Lipinski definition) is 0. The summed E-state index contributed by atoms with van der Waals surface area (Å²) in [6, 6.07) is 0. The van der Waals surface area contributed by atoms with Gasteiger partial charge in [0.25, 0.3) is 0 Å². The van der Waals surface area contributed by atoms with Gasteiger partial charge in [0.1, 0.15) is 0 Å². The van der Waals surface area contributed by atoms with Gasteiger partial charge in [-0.1, -0.05) is 346 Å². The second kappa shape index (κ2) is 62.4. The first-order valence-electron chi connectivity index (χ1n) is 37.7. The van der Waals surface area contributed by atoms with Gasteiger partial charge in [-0.3, -0.25) is 0 Å². The van der Waals surface area contributed by atoms with E-state index in [1.54, 1.807) is 16.7 Å². The van der Waals surface area contributed by atoms with Crippen LogP contribution in [0.4, 0.5) is 0 Å². The topological polar surface area (TPSA) is 0 Å². The van der Waals surface area contributed by atoms with Crippen molar-refractivity contribution in [3.63, 3.8) is 0 Å². The molecule has 0 heterocycles. The highest BCUT2D eigenvalue weighted by molar-refractivity contribution is 5.00. The highest BCUT2D eigenvalue weighted by Gasteiger charge is 2.38. The lowest BCUT2D eigenvalue weighted by Gasteiger charge is -2.15. The van der Waals surface area contributed by atoms with E-state index < -0.39 is 0 Å². The van der Waals surface area contributed by atoms with Crippen molar-refractivity contribution in [1.82, 2.24) is 0 Å². The zero-order chi connectivity index (χ0) is 66.5. The Kier molecular flexibility index (Phi) is 70.1. The van der Waals surface area contributed by atoms with Crippen molar-refractivity contribution >= 4 is 0 Å². The van der Waals surface area contributed by atoms with E-state index in [4.69, 9.17) is 0 Å². The third kappa shape index (κ3) is 90.0. The van der Waals surface area contributed by atoms with Crippen molar-refractivity contribution in [2.24, 2.45) is 112 Å². The van der Waals surface area contributed by atoms with Crippen molar-refractivity contribution in [1.29, 1.82) is 0 Å². The van der Waals surface area contributed by atoms with Crippen molar-refractivity contribution in [3.05, 3.63) is 34.9 Å². The van der Waals surface area contributed by atoms with Gasteiger partial charge < -0.3 is 0 Å². The van der Waals surface area contributed by atoms with E-state index in [1.807, 2.05) is 0 Å². The lowest BCUT2D eigenvalue weighted by molar-refractivity contribution is 0.370. The van der Waals surface area contributed by atoms with Gasteiger partial charge in [-0.05, 0) is 197 Å². The molecule has 1 rings (SSSR count). The van der Waals surface area contributed by atoms with Crippen LogP contribution in [0, 0.1) is 112 Å². The molecule has 4 atom stereocenters. The molecule has 0 spiro atoms. The first-order valence-corrected chi connectivity index (χ1v) is 37.7. The molecule has 1 fully saturated rings. The zero-order valence-electron chi connectivity index (χ0n) is 65.9. The van der Waals surface area contributed by atoms with E-state index in [1.165, 1.54) is 161 Å². The van der Waals surface area contributed by atoms with Gasteiger partial charge in [0, 0.05) is 0 Å². The average Bonchev–Trinajstić information content (AvgIpc) is 4.14. The maximum absolute atomic E-state index is 2.40. The maximum Gasteiger partial charge on any atom is -0.0288 e. The minimum Gasteiger partial charge on any atom is -0.0854 e. The molecule has 510 valence electrons. The van der Waals surface area contributed by atoms with E-state index >= 15 is 0 Å². The molecule has 0 aromatic rings. The summed E-state index contributed by atoms with van der Waals surface area (Å²) in [7, 11) is 0. The van der Waals surface area contributed by atoms with Gasteiger partial charge in [-0.2, -0.15) is 0 Å². The Balaban J connectivity index is -0.000000211. The molecule has 4 unspecified atom stereocenters. The normalized spacial score (nSPS) is 15.5. The largest absolute Gasteiger partial charge is 0.0854 e. The molecule has 1 aliphatic rings. The standard InChI is InChI=1S/C12H24.C12H26.2C12H24.C12H26.C12H24.C12H26/c1-9(2)6-5-7-11-8-12(11)10(3)4;3*1-10(2)6-8-12(5)9-7-11(3)4;2*1-10(2)7-6-8-12(5)9-11(3)4;1-10(2)8-6-7-9-12(5)11(3)4/h9-12H,5-8H2,1-4H3;10-12H,6-9H2,1-5H3;2*8,10-11H,6-7,9H2,1-5H3;10-12H,6-9H2,1-5H3;9-11H,6-8H2,1-5H3;10-12H,6-9H2,1-5H3/b;;2*12-8+;;12-9+;. The molecule has 1 saturated carbocycles. The third-order valence-corrected chi connectivity index (χ3v) is 16.9. The van der Waals surface area contributed by atoms with Gasteiger partial charge in [0.05, 0.1) is 0 Å². The molecule has 0 aromatic heterocycles. The first-order chi connectivity index (χ1) is 38.7. The lowest BCUT2D eigenvalue weighted by Crippen LogP contribution is -2.03. The van der Waals surface area contributed by atoms with Crippen LogP contribution in [0.15, 0.2) is 34.9 Å². The zero-order valence-corrected chi connectivity index (χ0v) is 65.9. The molecule has 0 saturated heterocycles. The number of unbranched alkanes of at least 4 members (excludes halogenated alkanes) is 1. The van der Waals surface area contributed by atoms with Crippen LogP contribution >= 0.6 is 0 Å². The maximum atomic E-state index is 2.40. The molecule has 0 heteroatoms. The van der Waals surface area contributed by atoms with Gasteiger partial charge in [0.2, 0.25) is 0 Å². The van der Waals surface area contributed by atoms with Crippen molar-refractivity contribution in [2.75, 3.05) is 0 Å². The fraction of sp³-hybridized carbons (Fsp3) is 0.929. The molecule has 0 amide bonds. The second-order valence-electron chi connectivity index (χ2n) is 34.0. The van der Waals surface area contributed by atoms with E-state index in [9.17, 15) is 0 Å². The van der Waals surface area contributed by atoms with Gasteiger partial charge in [-0.15, -0.1) is 0 Å². The summed E-state index contributed by atoms with van der Waals surface area (Å²) in [5.74, 6) is 16.9. The highest BCUT2D eigenvalue weighted by atomic mass is 14.4. The number of hydrogen-bond acceptors (Lipinski definition) is 0. The fourth-order valence-corrected chi connectivity index (χ4v) is 10.3. The molecule has 1 aliphatic carbocycles. The van der Waals surface area contributed by atoms with Gasteiger partial charge in [-0.25, -0.2) is 0 Å².